The molecule has 5 heteroatoms. The zero-order valence-corrected chi connectivity index (χ0v) is 15.6. The number of aromatic hydroxyl groups is 1. The second-order valence-electron chi connectivity index (χ2n) is 5.72. The zero-order chi connectivity index (χ0) is 19.1. The highest BCUT2D eigenvalue weighted by Gasteiger charge is 2.06. The first-order chi connectivity index (χ1) is 13.2. The first-order valence-electron chi connectivity index (χ1n) is 8.32. The van der Waals surface area contributed by atoms with Crippen LogP contribution in [-0.4, -0.2) is 18.4 Å². The van der Waals surface area contributed by atoms with Gasteiger partial charge in [0, 0.05) is 22.4 Å². The Kier molecular flexibility index (Phi) is 6.14. The molecule has 134 valence electrons. The average molecular weight is 374 g/mol. The van der Waals surface area contributed by atoms with Crippen molar-refractivity contribution in [3.8, 4) is 17.6 Å². The molecule has 3 aromatic carbocycles. The van der Waals surface area contributed by atoms with Crippen molar-refractivity contribution in [3.05, 3.63) is 83.4 Å². The summed E-state index contributed by atoms with van der Waals surface area (Å²) in [5, 5.41) is 19.1. The van der Waals surface area contributed by atoms with Crippen LogP contribution in [0.15, 0.2) is 76.6 Å². The van der Waals surface area contributed by atoms with Crippen LogP contribution in [0, 0.1) is 11.3 Å². The monoisotopic (exact) mass is 374 g/mol. The molecule has 4 nitrogen and oxygen atoms in total. The minimum Gasteiger partial charge on any atom is -0.504 e. The van der Waals surface area contributed by atoms with Gasteiger partial charge in [-0.05, 0) is 42.0 Å². The topological polar surface area (TPSA) is 65.6 Å². The second-order valence-corrected chi connectivity index (χ2v) is 6.74. The van der Waals surface area contributed by atoms with Gasteiger partial charge in [0.25, 0.3) is 0 Å². The largest absolute Gasteiger partial charge is 0.504 e. The number of ether oxygens (including phenoxy) is 1. The predicted octanol–water partition coefficient (Wildman–Crippen LogP) is 5.32. The molecule has 0 aromatic heterocycles. The third kappa shape index (κ3) is 4.69. The van der Waals surface area contributed by atoms with Gasteiger partial charge in [0.2, 0.25) is 0 Å². The number of thioether (sulfide) groups is 1. The first-order valence-corrected chi connectivity index (χ1v) is 9.30. The number of phenols is 1. The van der Waals surface area contributed by atoms with E-state index < -0.39 is 0 Å². The molecule has 0 aliphatic heterocycles. The molecule has 0 saturated carbocycles. The Morgan fingerprint density at radius 1 is 1.07 bits per heavy atom. The van der Waals surface area contributed by atoms with Gasteiger partial charge in [0.05, 0.1) is 24.4 Å². The fraction of sp³-hybridized carbons (Fsp3) is 0.0909. The summed E-state index contributed by atoms with van der Waals surface area (Å²) in [7, 11) is 1.52. The molecule has 0 atom stereocenters. The number of para-hydroxylation sites is 2. The van der Waals surface area contributed by atoms with Crippen LogP contribution >= 0.6 is 11.8 Å². The third-order valence-corrected chi connectivity index (χ3v) is 5.07. The molecule has 0 radical (unpaired) electrons. The Hall–Kier alpha value is -3.23. The third-order valence-electron chi connectivity index (χ3n) is 3.94. The minimum atomic E-state index is 0.0754. The van der Waals surface area contributed by atoms with E-state index in [4.69, 9.17) is 10.00 Å². The summed E-state index contributed by atoms with van der Waals surface area (Å²) in [6, 6.07) is 22.9. The summed E-state index contributed by atoms with van der Waals surface area (Å²) in [6.07, 6.45) is 1.64. The molecule has 0 fully saturated rings. The van der Waals surface area contributed by atoms with Gasteiger partial charge in [-0.15, -0.1) is 11.8 Å². The van der Waals surface area contributed by atoms with Crippen molar-refractivity contribution in [2.75, 3.05) is 7.11 Å². The number of hydrogen-bond acceptors (Lipinski definition) is 5. The van der Waals surface area contributed by atoms with Crippen LogP contribution in [0.25, 0.3) is 0 Å². The van der Waals surface area contributed by atoms with E-state index in [1.807, 2.05) is 54.6 Å². The summed E-state index contributed by atoms with van der Waals surface area (Å²) in [4.78, 5) is 5.59. The van der Waals surface area contributed by atoms with Gasteiger partial charge in [-0.1, -0.05) is 30.3 Å². The van der Waals surface area contributed by atoms with Crippen molar-refractivity contribution in [1.29, 1.82) is 5.26 Å². The van der Waals surface area contributed by atoms with Crippen LogP contribution in [0.1, 0.15) is 16.7 Å². The van der Waals surface area contributed by atoms with Gasteiger partial charge in [-0.2, -0.15) is 5.26 Å². The molecule has 0 amide bonds. The number of benzene rings is 3. The normalized spacial score (nSPS) is 10.7. The lowest BCUT2D eigenvalue weighted by atomic mass is 10.2. The molecule has 1 N–H and O–H groups in total. The van der Waals surface area contributed by atoms with E-state index in [0.29, 0.717) is 16.9 Å². The molecule has 0 unspecified atom stereocenters. The molecule has 3 rings (SSSR count). The maximum absolute atomic E-state index is 10.2. The highest BCUT2D eigenvalue weighted by Crippen LogP contribution is 2.33. The predicted molar refractivity (Wildman–Crippen MR) is 109 cm³/mol. The summed E-state index contributed by atoms with van der Waals surface area (Å²) in [5.41, 5.74) is 3.23. The summed E-state index contributed by atoms with van der Waals surface area (Å²) in [6.45, 7) is 0. The Morgan fingerprint density at radius 3 is 2.59 bits per heavy atom. The molecule has 0 aliphatic rings. The maximum Gasteiger partial charge on any atom is 0.166 e. The lowest BCUT2D eigenvalue weighted by Gasteiger charge is -2.07. The van der Waals surface area contributed by atoms with E-state index in [9.17, 15) is 5.11 Å². The first kappa shape index (κ1) is 18.6. The van der Waals surface area contributed by atoms with Gasteiger partial charge in [0.15, 0.2) is 11.5 Å². The fourth-order valence-electron chi connectivity index (χ4n) is 2.47. The van der Waals surface area contributed by atoms with Gasteiger partial charge in [-0.3, -0.25) is 4.99 Å². The number of nitrogens with zero attached hydrogens (tertiary/aromatic N) is 2. The fourth-order valence-corrected chi connectivity index (χ4v) is 3.43. The number of hydrogen-bond donors (Lipinski definition) is 1. The molecular weight excluding hydrogens is 356 g/mol. The van der Waals surface area contributed by atoms with Crippen LogP contribution in [0.5, 0.6) is 11.5 Å². The van der Waals surface area contributed by atoms with E-state index in [0.717, 1.165) is 21.9 Å². The van der Waals surface area contributed by atoms with Gasteiger partial charge < -0.3 is 9.84 Å². The Bertz CT molecular complexity index is 992. The average Bonchev–Trinajstić information content (AvgIpc) is 2.72. The van der Waals surface area contributed by atoms with Crippen molar-refractivity contribution in [3.63, 3.8) is 0 Å². The van der Waals surface area contributed by atoms with E-state index in [1.165, 1.54) is 7.11 Å². The zero-order valence-electron chi connectivity index (χ0n) is 14.8. The Labute approximate surface area is 162 Å². The Balaban J connectivity index is 1.76. The van der Waals surface area contributed by atoms with E-state index in [1.54, 1.807) is 30.1 Å². The maximum atomic E-state index is 10.2. The number of aliphatic imine (C=N–C) groups is 1. The van der Waals surface area contributed by atoms with Crippen molar-refractivity contribution in [2.24, 2.45) is 4.99 Å². The lowest BCUT2D eigenvalue weighted by molar-refractivity contribution is 0.373. The van der Waals surface area contributed by atoms with Gasteiger partial charge in [0.1, 0.15) is 0 Å². The SMILES string of the molecule is COc1cccc(C=Nc2ccccc2SCc2ccc(C#N)cc2)c1O. The highest BCUT2D eigenvalue weighted by atomic mass is 32.2. The molecule has 0 saturated heterocycles. The van der Waals surface area contributed by atoms with Crippen LogP contribution in [0.3, 0.4) is 0 Å². The molecule has 3 aromatic rings. The quantitative estimate of drug-likeness (QED) is 0.469. The lowest BCUT2D eigenvalue weighted by Crippen LogP contribution is -1.88. The number of methoxy groups -OCH3 is 1. The minimum absolute atomic E-state index is 0.0754. The molecule has 0 bridgehead atoms. The van der Waals surface area contributed by atoms with E-state index >= 15 is 0 Å². The van der Waals surface area contributed by atoms with Gasteiger partial charge >= 0.3 is 0 Å². The molecule has 0 aliphatic carbocycles. The molecular formula is C22H18N2O2S. The standard InChI is InChI=1S/C22H18N2O2S/c1-26-20-7-4-5-18(22(20)25)14-24-19-6-2-3-8-21(19)27-15-17-11-9-16(13-23)10-12-17/h2-12,14,25H,15H2,1H3. The van der Waals surface area contributed by atoms with Crippen LogP contribution in [0.2, 0.25) is 0 Å². The highest BCUT2D eigenvalue weighted by molar-refractivity contribution is 7.98. The van der Waals surface area contributed by atoms with E-state index in [-0.39, 0.29) is 5.75 Å². The van der Waals surface area contributed by atoms with Crippen molar-refractivity contribution in [2.45, 2.75) is 10.6 Å². The summed E-state index contributed by atoms with van der Waals surface area (Å²) < 4.78 is 5.13. The summed E-state index contributed by atoms with van der Waals surface area (Å²) in [5.74, 6) is 1.27. The summed E-state index contributed by atoms with van der Waals surface area (Å²) >= 11 is 1.68. The van der Waals surface area contributed by atoms with Crippen LogP contribution < -0.4 is 4.74 Å². The number of rotatable bonds is 6. The molecule has 0 heterocycles. The molecule has 0 spiro atoms. The van der Waals surface area contributed by atoms with E-state index in [2.05, 4.69) is 11.1 Å². The molecule has 27 heavy (non-hydrogen) atoms. The number of phenolic OH excluding ortho intramolecular Hbond substituents is 1. The van der Waals surface area contributed by atoms with Gasteiger partial charge in [-0.25, -0.2) is 0 Å². The van der Waals surface area contributed by atoms with Crippen molar-refractivity contribution >= 4 is 23.7 Å². The van der Waals surface area contributed by atoms with Crippen molar-refractivity contribution in [1.82, 2.24) is 0 Å². The van der Waals surface area contributed by atoms with Crippen LogP contribution in [0.4, 0.5) is 5.69 Å². The van der Waals surface area contributed by atoms with Crippen molar-refractivity contribution < 1.29 is 9.84 Å². The second kappa shape index (κ2) is 8.93. The Morgan fingerprint density at radius 2 is 1.85 bits per heavy atom. The smallest absolute Gasteiger partial charge is 0.166 e. The van der Waals surface area contributed by atoms with Crippen LogP contribution in [-0.2, 0) is 5.75 Å². The number of nitriles is 1.